The van der Waals surface area contributed by atoms with Crippen LogP contribution in [0.4, 0.5) is 4.79 Å². The van der Waals surface area contributed by atoms with E-state index < -0.39 is 6.09 Å². The second-order valence-corrected chi connectivity index (χ2v) is 3.40. The van der Waals surface area contributed by atoms with Gasteiger partial charge < -0.3 is 15.8 Å². The molecule has 0 aromatic carbocycles. The number of nitrogens with two attached hydrogens (primary N) is 1. The molecule has 70 valence electrons. The molecule has 4 heteroatoms. The highest BCUT2D eigenvalue weighted by Gasteiger charge is 2.24. The van der Waals surface area contributed by atoms with Crippen molar-refractivity contribution in [3.8, 4) is 0 Å². The van der Waals surface area contributed by atoms with E-state index in [0.29, 0.717) is 19.2 Å². The smallest absolute Gasteiger partial charge is 0.404 e. The van der Waals surface area contributed by atoms with Gasteiger partial charge in [0, 0.05) is 12.6 Å². The Kier molecular flexibility index (Phi) is 3.34. The van der Waals surface area contributed by atoms with Crippen LogP contribution in [0.3, 0.4) is 0 Å². The number of ether oxygens (including phenoxy) is 1. The molecule has 1 aliphatic carbocycles. The van der Waals surface area contributed by atoms with Crippen LogP contribution in [0.2, 0.25) is 0 Å². The first-order valence-corrected chi connectivity index (χ1v) is 4.34. The Morgan fingerprint density at radius 1 is 1.67 bits per heavy atom. The average molecular weight is 172 g/mol. The highest BCUT2D eigenvalue weighted by Crippen LogP contribution is 2.25. The Labute approximate surface area is 72.5 Å². The molecule has 0 radical (unpaired) electrons. The largest absolute Gasteiger partial charge is 0.448 e. The number of nitrogens with one attached hydrogen (secondary N) is 1. The molecule has 12 heavy (non-hydrogen) atoms. The second-order valence-electron chi connectivity index (χ2n) is 3.40. The third kappa shape index (κ3) is 3.09. The van der Waals surface area contributed by atoms with Gasteiger partial charge >= 0.3 is 6.09 Å². The summed E-state index contributed by atoms with van der Waals surface area (Å²) in [7, 11) is 0. The molecule has 1 saturated carbocycles. The Balaban J connectivity index is 1.87. The first-order valence-electron chi connectivity index (χ1n) is 4.34. The van der Waals surface area contributed by atoms with E-state index in [-0.39, 0.29) is 0 Å². The number of rotatable bonds is 4. The summed E-state index contributed by atoms with van der Waals surface area (Å²) in [4.78, 5) is 10.2. The normalized spacial score (nSPS) is 27.8. The summed E-state index contributed by atoms with van der Waals surface area (Å²) in [6.45, 7) is 3.32. The van der Waals surface area contributed by atoms with Crippen LogP contribution < -0.4 is 11.1 Å². The molecule has 1 rings (SSSR count). The Morgan fingerprint density at radius 2 is 2.33 bits per heavy atom. The van der Waals surface area contributed by atoms with Crippen LogP contribution in [0.15, 0.2) is 0 Å². The molecule has 3 N–H and O–H groups in total. The molecule has 0 aromatic heterocycles. The molecule has 1 fully saturated rings. The van der Waals surface area contributed by atoms with E-state index in [9.17, 15) is 4.79 Å². The molecule has 0 atom stereocenters. The van der Waals surface area contributed by atoms with Gasteiger partial charge in [0.1, 0.15) is 6.61 Å². The van der Waals surface area contributed by atoms with Gasteiger partial charge in [-0.1, -0.05) is 6.92 Å². The van der Waals surface area contributed by atoms with Gasteiger partial charge in [0.05, 0.1) is 0 Å². The van der Waals surface area contributed by atoms with Gasteiger partial charge in [-0.05, 0) is 18.8 Å². The van der Waals surface area contributed by atoms with Crippen LogP contribution in [0.1, 0.15) is 19.8 Å². The molecule has 1 amide bonds. The lowest BCUT2D eigenvalue weighted by Gasteiger charge is -2.33. The molecular weight excluding hydrogens is 156 g/mol. The Hall–Kier alpha value is -0.770. The topological polar surface area (TPSA) is 64.3 Å². The first kappa shape index (κ1) is 9.32. The zero-order chi connectivity index (χ0) is 8.97. The van der Waals surface area contributed by atoms with E-state index in [2.05, 4.69) is 17.0 Å². The minimum atomic E-state index is -0.696. The lowest BCUT2D eigenvalue weighted by Crippen LogP contribution is -2.41. The van der Waals surface area contributed by atoms with Crippen LogP contribution in [0.25, 0.3) is 0 Å². The van der Waals surface area contributed by atoms with Crippen LogP contribution in [0.5, 0.6) is 0 Å². The van der Waals surface area contributed by atoms with Gasteiger partial charge in [-0.25, -0.2) is 4.79 Å². The van der Waals surface area contributed by atoms with Crippen LogP contribution >= 0.6 is 0 Å². The van der Waals surface area contributed by atoms with E-state index in [1.807, 2.05) is 0 Å². The standard InChI is InChI=1S/C8H16N2O2/c1-6-4-7(5-6)10-2-3-12-8(9)11/h6-7,10H,2-5H2,1H3,(H2,9,11). The molecule has 0 bridgehead atoms. The van der Waals surface area contributed by atoms with E-state index >= 15 is 0 Å². The van der Waals surface area contributed by atoms with Gasteiger partial charge in [-0.15, -0.1) is 0 Å². The van der Waals surface area contributed by atoms with E-state index in [1.54, 1.807) is 0 Å². The monoisotopic (exact) mass is 172 g/mol. The molecule has 0 spiro atoms. The third-order valence-electron chi connectivity index (χ3n) is 2.15. The average Bonchev–Trinajstić information content (AvgIpc) is 1.93. The van der Waals surface area contributed by atoms with Crippen molar-refractivity contribution in [2.75, 3.05) is 13.2 Å². The van der Waals surface area contributed by atoms with Crippen molar-refractivity contribution >= 4 is 6.09 Å². The minimum Gasteiger partial charge on any atom is -0.448 e. The van der Waals surface area contributed by atoms with Crippen molar-refractivity contribution in [2.45, 2.75) is 25.8 Å². The molecular formula is C8H16N2O2. The number of hydrogen-bond acceptors (Lipinski definition) is 3. The molecule has 0 saturated heterocycles. The predicted octanol–water partition coefficient (Wildman–Crippen LogP) is 0.470. The number of carbonyl (C=O) groups is 1. The SMILES string of the molecule is CC1CC(NCCOC(N)=O)C1. The van der Waals surface area contributed by atoms with Gasteiger partial charge in [-0.3, -0.25) is 0 Å². The summed E-state index contributed by atoms with van der Waals surface area (Å²) in [5.74, 6) is 0.847. The quantitative estimate of drug-likeness (QED) is 0.606. The molecule has 0 aromatic rings. The summed E-state index contributed by atoms with van der Waals surface area (Å²) < 4.78 is 4.56. The second kappa shape index (κ2) is 4.30. The Morgan fingerprint density at radius 3 is 2.83 bits per heavy atom. The summed E-state index contributed by atoms with van der Waals surface area (Å²) >= 11 is 0. The van der Waals surface area contributed by atoms with Crippen molar-refractivity contribution in [1.82, 2.24) is 5.32 Å². The minimum absolute atomic E-state index is 0.375. The molecule has 4 nitrogen and oxygen atoms in total. The summed E-state index contributed by atoms with van der Waals surface area (Å²) in [6.07, 6.45) is 1.77. The lowest BCUT2D eigenvalue weighted by molar-refractivity contribution is 0.150. The summed E-state index contributed by atoms with van der Waals surface area (Å²) in [5, 5.41) is 3.27. The third-order valence-corrected chi connectivity index (χ3v) is 2.15. The number of primary amides is 1. The zero-order valence-corrected chi connectivity index (χ0v) is 7.38. The number of carbonyl (C=O) groups excluding carboxylic acids is 1. The van der Waals surface area contributed by atoms with Crippen LogP contribution in [-0.4, -0.2) is 25.3 Å². The fourth-order valence-electron chi connectivity index (χ4n) is 1.48. The number of amides is 1. The van der Waals surface area contributed by atoms with E-state index in [1.165, 1.54) is 12.8 Å². The van der Waals surface area contributed by atoms with Crippen molar-refractivity contribution in [3.05, 3.63) is 0 Å². The maximum atomic E-state index is 10.2. The molecule has 0 aliphatic heterocycles. The Bertz CT molecular complexity index is 155. The fourth-order valence-corrected chi connectivity index (χ4v) is 1.48. The maximum Gasteiger partial charge on any atom is 0.404 e. The lowest BCUT2D eigenvalue weighted by atomic mass is 9.82. The van der Waals surface area contributed by atoms with Gasteiger partial charge in [0.15, 0.2) is 0 Å². The van der Waals surface area contributed by atoms with Gasteiger partial charge in [-0.2, -0.15) is 0 Å². The molecule has 1 aliphatic rings. The number of hydrogen-bond donors (Lipinski definition) is 2. The predicted molar refractivity (Wildman–Crippen MR) is 45.7 cm³/mol. The zero-order valence-electron chi connectivity index (χ0n) is 7.38. The van der Waals surface area contributed by atoms with Gasteiger partial charge in [0.2, 0.25) is 0 Å². The van der Waals surface area contributed by atoms with Gasteiger partial charge in [0.25, 0.3) is 0 Å². The first-order chi connectivity index (χ1) is 5.68. The van der Waals surface area contributed by atoms with Crippen molar-refractivity contribution in [1.29, 1.82) is 0 Å². The highest BCUT2D eigenvalue weighted by molar-refractivity contribution is 5.64. The summed E-state index contributed by atoms with van der Waals surface area (Å²) in [5.41, 5.74) is 4.79. The summed E-state index contributed by atoms with van der Waals surface area (Å²) in [6, 6.07) is 0.622. The van der Waals surface area contributed by atoms with E-state index in [0.717, 1.165) is 5.92 Å². The highest BCUT2D eigenvalue weighted by atomic mass is 16.5. The fraction of sp³-hybridized carbons (Fsp3) is 0.875. The van der Waals surface area contributed by atoms with Crippen molar-refractivity contribution in [3.63, 3.8) is 0 Å². The van der Waals surface area contributed by atoms with Crippen molar-refractivity contribution < 1.29 is 9.53 Å². The molecule has 0 heterocycles. The van der Waals surface area contributed by atoms with Crippen LogP contribution in [-0.2, 0) is 4.74 Å². The molecule has 0 unspecified atom stereocenters. The van der Waals surface area contributed by atoms with Crippen molar-refractivity contribution in [2.24, 2.45) is 11.7 Å². The van der Waals surface area contributed by atoms with Crippen LogP contribution in [0, 0.1) is 5.92 Å². The van der Waals surface area contributed by atoms with E-state index in [4.69, 9.17) is 5.73 Å². The maximum absolute atomic E-state index is 10.2.